The Hall–Kier alpha value is -0.470. The summed E-state index contributed by atoms with van der Waals surface area (Å²) in [5.74, 6) is 1.03. The molecule has 0 aliphatic carbocycles. The third-order valence-corrected chi connectivity index (χ3v) is 3.87. The summed E-state index contributed by atoms with van der Waals surface area (Å²) >= 11 is 1.89. The minimum Gasteiger partial charge on any atom is -0.381 e. The van der Waals surface area contributed by atoms with E-state index in [-0.39, 0.29) is 5.41 Å². The second kappa shape index (κ2) is 6.46. The van der Waals surface area contributed by atoms with Gasteiger partial charge in [0.1, 0.15) is 0 Å². The summed E-state index contributed by atoms with van der Waals surface area (Å²) in [5.41, 5.74) is 2.99. The van der Waals surface area contributed by atoms with Gasteiger partial charge < -0.3 is 4.74 Å². The van der Waals surface area contributed by atoms with Crippen LogP contribution in [0.3, 0.4) is 0 Å². The van der Waals surface area contributed by atoms with Gasteiger partial charge >= 0.3 is 0 Å². The minimum atomic E-state index is 0.225. The molecule has 1 nitrogen and oxygen atoms in total. The van der Waals surface area contributed by atoms with Crippen molar-refractivity contribution in [1.29, 1.82) is 0 Å². The first kappa shape index (κ1) is 14.6. The van der Waals surface area contributed by atoms with Crippen LogP contribution in [0.15, 0.2) is 23.1 Å². The number of thioether (sulfide) groups is 1. The normalized spacial score (nSPS) is 11.8. The van der Waals surface area contributed by atoms with Crippen molar-refractivity contribution < 1.29 is 4.74 Å². The lowest BCUT2D eigenvalue weighted by molar-refractivity contribution is 0.164. The average molecular weight is 252 g/mol. The molecule has 0 unspecified atom stereocenters. The Labute approximate surface area is 110 Å². The Morgan fingerprint density at radius 2 is 1.94 bits per heavy atom. The molecule has 0 bridgehead atoms. The van der Waals surface area contributed by atoms with Crippen LogP contribution in [0.4, 0.5) is 0 Å². The van der Waals surface area contributed by atoms with Gasteiger partial charge in [0.05, 0.1) is 6.61 Å². The lowest BCUT2D eigenvalue weighted by atomic mass is 9.87. The molecule has 1 rings (SSSR count). The summed E-state index contributed by atoms with van der Waals surface area (Å²) < 4.78 is 5.37. The maximum absolute atomic E-state index is 5.37. The average Bonchev–Trinajstić information content (AvgIpc) is 2.25. The van der Waals surface area contributed by atoms with Gasteiger partial charge in [-0.3, -0.25) is 0 Å². The summed E-state index contributed by atoms with van der Waals surface area (Å²) in [5, 5.41) is 0. The standard InChI is InChI=1S/C15H24OS/c1-6-16-9-10-17-14-11-13(15(3,4)5)8-7-12(14)2/h7-8,11H,6,9-10H2,1-5H3. The number of benzene rings is 1. The third-order valence-electron chi connectivity index (χ3n) is 2.74. The highest BCUT2D eigenvalue weighted by Gasteiger charge is 2.14. The summed E-state index contributed by atoms with van der Waals surface area (Å²) in [7, 11) is 0. The van der Waals surface area contributed by atoms with Gasteiger partial charge in [-0.2, -0.15) is 0 Å². The molecule has 0 aliphatic rings. The second-order valence-electron chi connectivity index (χ2n) is 5.28. The van der Waals surface area contributed by atoms with Gasteiger partial charge in [0.25, 0.3) is 0 Å². The van der Waals surface area contributed by atoms with Gasteiger partial charge in [-0.1, -0.05) is 32.9 Å². The van der Waals surface area contributed by atoms with E-state index in [1.807, 2.05) is 18.7 Å². The van der Waals surface area contributed by atoms with Crippen LogP contribution in [0, 0.1) is 6.92 Å². The molecule has 0 spiro atoms. The molecule has 0 aliphatic heterocycles. The number of aryl methyl sites for hydroxylation is 1. The Bertz CT molecular complexity index is 352. The fourth-order valence-electron chi connectivity index (χ4n) is 1.58. The highest BCUT2D eigenvalue weighted by atomic mass is 32.2. The Kier molecular flexibility index (Phi) is 5.54. The Balaban J connectivity index is 2.70. The van der Waals surface area contributed by atoms with Gasteiger partial charge in [-0.05, 0) is 36.5 Å². The van der Waals surface area contributed by atoms with Crippen molar-refractivity contribution in [3.05, 3.63) is 29.3 Å². The molecule has 17 heavy (non-hydrogen) atoms. The highest BCUT2D eigenvalue weighted by molar-refractivity contribution is 7.99. The molecule has 0 radical (unpaired) electrons. The van der Waals surface area contributed by atoms with Gasteiger partial charge in [-0.15, -0.1) is 11.8 Å². The molecule has 0 amide bonds. The van der Waals surface area contributed by atoms with E-state index in [1.54, 1.807) is 0 Å². The Morgan fingerprint density at radius 3 is 2.53 bits per heavy atom. The van der Waals surface area contributed by atoms with Crippen molar-refractivity contribution in [2.75, 3.05) is 19.0 Å². The molecule has 0 heterocycles. The fraction of sp³-hybridized carbons (Fsp3) is 0.600. The lowest BCUT2D eigenvalue weighted by Gasteiger charge is -2.20. The van der Waals surface area contributed by atoms with Crippen molar-refractivity contribution in [2.45, 2.75) is 44.9 Å². The van der Waals surface area contributed by atoms with Crippen molar-refractivity contribution in [3.63, 3.8) is 0 Å². The van der Waals surface area contributed by atoms with E-state index < -0.39 is 0 Å². The van der Waals surface area contributed by atoms with Crippen LogP contribution in [-0.4, -0.2) is 19.0 Å². The Morgan fingerprint density at radius 1 is 1.24 bits per heavy atom. The van der Waals surface area contributed by atoms with Crippen LogP contribution in [0.1, 0.15) is 38.8 Å². The maximum atomic E-state index is 5.37. The predicted octanol–water partition coefficient (Wildman–Crippen LogP) is 4.42. The predicted molar refractivity (Wildman–Crippen MR) is 77.1 cm³/mol. The number of hydrogen-bond acceptors (Lipinski definition) is 2. The minimum absolute atomic E-state index is 0.225. The van der Waals surface area contributed by atoms with E-state index in [2.05, 4.69) is 45.9 Å². The monoisotopic (exact) mass is 252 g/mol. The molecular weight excluding hydrogens is 228 g/mol. The summed E-state index contributed by atoms with van der Waals surface area (Å²) in [4.78, 5) is 1.39. The van der Waals surface area contributed by atoms with Crippen LogP contribution in [0.25, 0.3) is 0 Å². The molecule has 0 atom stereocenters. The van der Waals surface area contributed by atoms with E-state index in [4.69, 9.17) is 4.74 Å². The third kappa shape index (κ3) is 4.72. The first-order chi connectivity index (χ1) is 7.95. The van der Waals surface area contributed by atoms with Crippen LogP contribution in [0.5, 0.6) is 0 Å². The van der Waals surface area contributed by atoms with E-state index >= 15 is 0 Å². The molecule has 96 valence electrons. The quantitative estimate of drug-likeness (QED) is 0.566. The number of rotatable bonds is 5. The molecule has 1 aromatic rings. The van der Waals surface area contributed by atoms with E-state index in [0.29, 0.717) is 0 Å². The molecular formula is C15H24OS. The molecule has 0 saturated carbocycles. The second-order valence-corrected chi connectivity index (χ2v) is 6.41. The van der Waals surface area contributed by atoms with E-state index in [0.717, 1.165) is 19.0 Å². The number of hydrogen-bond donors (Lipinski definition) is 0. The van der Waals surface area contributed by atoms with Gasteiger partial charge in [0.15, 0.2) is 0 Å². The molecule has 1 aromatic carbocycles. The van der Waals surface area contributed by atoms with Crippen molar-refractivity contribution in [2.24, 2.45) is 0 Å². The topological polar surface area (TPSA) is 9.23 Å². The van der Waals surface area contributed by atoms with Gasteiger partial charge in [-0.25, -0.2) is 0 Å². The molecule has 0 fully saturated rings. The van der Waals surface area contributed by atoms with Crippen LogP contribution in [-0.2, 0) is 10.2 Å². The SMILES string of the molecule is CCOCCSc1cc(C(C)(C)C)ccc1C. The summed E-state index contributed by atoms with van der Waals surface area (Å²) in [6.45, 7) is 12.6. The molecule has 0 saturated heterocycles. The van der Waals surface area contributed by atoms with E-state index in [1.165, 1.54) is 16.0 Å². The zero-order valence-electron chi connectivity index (χ0n) is 11.7. The smallest absolute Gasteiger partial charge is 0.0560 e. The first-order valence-electron chi connectivity index (χ1n) is 6.27. The lowest BCUT2D eigenvalue weighted by Crippen LogP contribution is -2.11. The largest absolute Gasteiger partial charge is 0.381 e. The van der Waals surface area contributed by atoms with Gasteiger partial charge in [0.2, 0.25) is 0 Å². The zero-order chi connectivity index (χ0) is 12.9. The highest BCUT2D eigenvalue weighted by Crippen LogP contribution is 2.29. The molecule has 0 N–H and O–H groups in total. The van der Waals surface area contributed by atoms with Crippen LogP contribution in [0.2, 0.25) is 0 Å². The number of ether oxygens (including phenoxy) is 1. The van der Waals surface area contributed by atoms with Crippen molar-refractivity contribution in [3.8, 4) is 0 Å². The van der Waals surface area contributed by atoms with E-state index in [9.17, 15) is 0 Å². The molecule has 2 heteroatoms. The first-order valence-corrected chi connectivity index (χ1v) is 7.25. The fourth-order valence-corrected chi connectivity index (χ4v) is 2.50. The summed E-state index contributed by atoms with van der Waals surface area (Å²) in [6, 6.07) is 6.79. The van der Waals surface area contributed by atoms with Gasteiger partial charge in [0, 0.05) is 17.3 Å². The maximum Gasteiger partial charge on any atom is 0.0560 e. The van der Waals surface area contributed by atoms with Crippen molar-refractivity contribution >= 4 is 11.8 Å². The molecule has 0 aromatic heterocycles. The van der Waals surface area contributed by atoms with Crippen LogP contribution < -0.4 is 0 Å². The van der Waals surface area contributed by atoms with Crippen molar-refractivity contribution in [1.82, 2.24) is 0 Å². The zero-order valence-corrected chi connectivity index (χ0v) is 12.5. The van der Waals surface area contributed by atoms with Crippen LogP contribution >= 0.6 is 11.8 Å². The summed E-state index contributed by atoms with van der Waals surface area (Å²) in [6.07, 6.45) is 0.